The van der Waals surface area contributed by atoms with Crippen LogP contribution in [0.25, 0.3) is 0 Å². The SMILES string of the molecule is O=C(Oc1ccc(S(=O)(=O)O)cc1)C12CC3CC(CC(C3)C1)C2. The van der Waals surface area contributed by atoms with Crippen LogP contribution in [0.1, 0.15) is 38.5 Å². The third kappa shape index (κ3) is 2.68. The Kier molecular flexibility index (Phi) is 3.32. The minimum Gasteiger partial charge on any atom is -0.426 e. The third-order valence-electron chi connectivity index (χ3n) is 5.80. The highest BCUT2D eigenvalue weighted by molar-refractivity contribution is 7.85. The van der Waals surface area contributed by atoms with Gasteiger partial charge in [0.1, 0.15) is 5.75 Å². The number of ether oxygens (including phenoxy) is 1. The van der Waals surface area contributed by atoms with Crippen LogP contribution in [0, 0.1) is 23.2 Å². The van der Waals surface area contributed by atoms with E-state index in [9.17, 15) is 13.2 Å². The van der Waals surface area contributed by atoms with Crippen LogP contribution in [0.3, 0.4) is 0 Å². The van der Waals surface area contributed by atoms with Gasteiger partial charge in [-0.1, -0.05) is 0 Å². The number of benzene rings is 1. The second-order valence-electron chi connectivity index (χ2n) is 7.53. The molecule has 4 bridgehead atoms. The van der Waals surface area contributed by atoms with Crippen molar-refractivity contribution in [2.24, 2.45) is 23.2 Å². The summed E-state index contributed by atoms with van der Waals surface area (Å²) in [5.74, 6) is 2.15. The number of esters is 1. The topological polar surface area (TPSA) is 80.7 Å². The fourth-order valence-electron chi connectivity index (χ4n) is 5.26. The van der Waals surface area contributed by atoms with Crippen LogP contribution in [0.2, 0.25) is 0 Å². The Balaban J connectivity index is 1.52. The molecule has 0 radical (unpaired) electrons. The molecule has 0 aliphatic heterocycles. The summed E-state index contributed by atoms with van der Waals surface area (Å²) >= 11 is 0. The molecule has 0 heterocycles. The van der Waals surface area contributed by atoms with Gasteiger partial charge >= 0.3 is 5.97 Å². The average molecular weight is 336 g/mol. The van der Waals surface area contributed by atoms with Crippen molar-refractivity contribution in [1.29, 1.82) is 0 Å². The van der Waals surface area contributed by atoms with Crippen LogP contribution in [-0.4, -0.2) is 18.9 Å². The third-order valence-corrected chi connectivity index (χ3v) is 6.67. The molecule has 23 heavy (non-hydrogen) atoms. The highest BCUT2D eigenvalue weighted by Gasteiger charge is 2.55. The smallest absolute Gasteiger partial charge is 0.317 e. The van der Waals surface area contributed by atoms with Gasteiger partial charge in [-0.3, -0.25) is 9.35 Å². The van der Waals surface area contributed by atoms with E-state index in [1.54, 1.807) is 0 Å². The van der Waals surface area contributed by atoms with Gasteiger partial charge < -0.3 is 4.74 Å². The number of hydrogen-bond acceptors (Lipinski definition) is 4. The fourth-order valence-corrected chi connectivity index (χ4v) is 5.74. The second kappa shape index (κ2) is 5.05. The van der Waals surface area contributed by atoms with Gasteiger partial charge in [0.15, 0.2) is 0 Å². The molecule has 4 aliphatic rings. The molecule has 4 saturated carbocycles. The van der Waals surface area contributed by atoms with E-state index >= 15 is 0 Å². The molecule has 0 saturated heterocycles. The first-order valence-electron chi connectivity index (χ1n) is 8.14. The van der Waals surface area contributed by atoms with Crippen molar-refractivity contribution in [1.82, 2.24) is 0 Å². The largest absolute Gasteiger partial charge is 0.426 e. The van der Waals surface area contributed by atoms with E-state index in [1.807, 2.05) is 0 Å². The average Bonchev–Trinajstić information content (AvgIpc) is 2.45. The molecule has 124 valence electrons. The van der Waals surface area contributed by atoms with Gasteiger partial charge in [0.25, 0.3) is 10.1 Å². The molecule has 0 spiro atoms. The van der Waals surface area contributed by atoms with E-state index in [-0.39, 0.29) is 16.3 Å². The van der Waals surface area contributed by atoms with Gasteiger partial charge in [-0.05, 0) is 80.5 Å². The minimum atomic E-state index is -4.23. The van der Waals surface area contributed by atoms with Crippen LogP contribution in [0.4, 0.5) is 0 Å². The first-order chi connectivity index (χ1) is 10.8. The molecule has 5 nitrogen and oxygen atoms in total. The molecule has 4 fully saturated rings. The fraction of sp³-hybridized carbons (Fsp3) is 0.588. The lowest BCUT2D eigenvalue weighted by Gasteiger charge is -2.55. The van der Waals surface area contributed by atoms with E-state index in [4.69, 9.17) is 9.29 Å². The van der Waals surface area contributed by atoms with Crippen molar-refractivity contribution >= 4 is 16.1 Å². The first-order valence-corrected chi connectivity index (χ1v) is 9.58. The first kappa shape index (κ1) is 15.1. The summed E-state index contributed by atoms with van der Waals surface area (Å²) in [6.45, 7) is 0. The summed E-state index contributed by atoms with van der Waals surface area (Å²) in [5, 5.41) is 0. The summed E-state index contributed by atoms with van der Waals surface area (Å²) in [6.07, 6.45) is 6.57. The summed E-state index contributed by atoms with van der Waals surface area (Å²) in [7, 11) is -4.23. The Morgan fingerprint density at radius 3 is 1.91 bits per heavy atom. The predicted octanol–water partition coefficient (Wildman–Crippen LogP) is 3.06. The van der Waals surface area contributed by atoms with Crippen LogP contribution < -0.4 is 4.74 Å². The van der Waals surface area contributed by atoms with Gasteiger partial charge in [0, 0.05) is 0 Å². The molecule has 1 aromatic carbocycles. The van der Waals surface area contributed by atoms with Crippen LogP contribution in [0.5, 0.6) is 5.75 Å². The maximum atomic E-state index is 12.8. The van der Waals surface area contributed by atoms with E-state index in [1.165, 1.54) is 43.5 Å². The zero-order valence-electron chi connectivity index (χ0n) is 12.8. The van der Waals surface area contributed by atoms with Gasteiger partial charge in [-0.2, -0.15) is 8.42 Å². The van der Waals surface area contributed by atoms with E-state index in [2.05, 4.69) is 0 Å². The molecule has 1 aromatic rings. The molecule has 0 unspecified atom stereocenters. The second-order valence-corrected chi connectivity index (χ2v) is 8.96. The Bertz CT molecular complexity index is 699. The molecular formula is C17H20O5S. The Labute approximate surface area is 135 Å². The standard InChI is InChI=1S/C17H20O5S/c18-16(22-14-1-3-15(4-2-14)23(19,20)21)17-8-11-5-12(9-17)7-13(6-11)10-17/h1-4,11-13H,5-10H2,(H,19,20,21). The van der Waals surface area contributed by atoms with Crippen molar-refractivity contribution in [3.8, 4) is 5.75 Å². The lowest BCUT2D eigenvalue weighted by molar-refractivity contribution is -0.161. The Morgan fingerprint density at radius 1 is 1.00 bits per heavy atom. The number of hydrogen-bond donors (Lipinski definition) is 1. The number of carbonyl (C=O) groups excluding carboxylic acids is 1. The van der Waals surface area contributed by atoms with Crippen LogP contribution >= 0.6 is 0 Å². The molecule has 0 amide bonds. The highest BCUT2D eigenvalue weighted by Crippen LogP contribution is 2.60. The number of rotatable bonds is 3. The van der Waals surface area contributed by atoms with Crippen LogP contribution in [-0.2, 0) is 14.9 Å². The van der Waals surface area contributed by atoms with Crippen molar-refractivity contribution in [3.63, 3.8) is 0 Å². The van der Waals surface area contributed by atoms with E-state index in [0.29, 0.717) is 23.5 Å². The Morgan fingerprint density at radius 2 is 1.48 bits per heavy atom. The summed E-state index contributed by atoms with van der Waals surface area (Å²) in [6, 6.07) is 5.33. The lowest BCUT2D eigenvalue weighted by Crippen LogP contribution is -2.51. The van der Waals surface area contributed by atoms with Gasteiger partial charge in [-0.25, -0.2) is 0 Å². The summed E-state index contributed by atoms with van der Waals surface area (Å²) < 4.78 is 36.6. The molecule has 4 aliphatic carbocycles. The highest BCUT2D eigenvalue weighted by atomic mass is 32.2. The molecule has 6 heteroatoms. The summed E-state index contributed by atoms with van der Waals surface area (Å²) in [4.78, 5) is 12.6. The quantitative estimate of drug-likeness (QED) is 0.521. The predicted molar refractivity (Wildman–Crippen MR) is 82.5 cm³/mol. The normalized spacial score (nSPS) is 35.3. The van der Waals surface area contributed by atoms with Crippen molar-refractivity contribution in [3.05, 3.63) is 24.3 Å². The number of carbonyl (C=O) groups is 1. The molecular weight excluding hydrogens is 316 g/mol. The van der Waals surface area contributed by atoms with E-state index in [0.717, 1.165) is 19.3 Å². The minimum absolute atomic E-state index is 0.170. The zero-order chi connectivity index (χ0) is 16.2. The van der Waals surface area contributed by atoms with Crippen molar-refractivity contribution in [2.75, 3.05) is 0 Å². The van der Waals surface area contributed by atoms with Crippen molar-refractivity contribution < 1.29 is 22.5 Å². The van der Waals surface area contributed by atoms with E-state index < -0.39 is 10.1 Å². The Hall–Kier alpha value is -1.40. The van der Waals surface area contributed by atoms with Crippen LogP contribution in [0.15, 0.2) is 29.2 Å². The molecule has 0 atom stereocenters. The maximum Gasteiger partial charge on any atom is 0.317 e. The molecule has 0 aromatic heterocycles. The van der Waals surface area contributed by atoms with Gasteiger partial charge in [0.05, 0.1) is 10.3 Å². The summed E-state index contributed by atoms with van der Waals surface area (Å²) in [5.41, 5.74) is -0.337. The zero-order valence-corrected chi connectivity index (χ0v) is 13.6. The van der Waals surface area contributed by atoms with Gasteiger partial charge in [0.2, 0.25) is 0 Å². The van der Waals surface area contributed by atoms with Gasteiger partial charge in [-0.15, -0.1) is 0 Å². The molecule has 5 rings (SSSR count). The lowest BCUT2D eigenvalue weighted by atomic mass is 9.49. The van der Waals surface area contributed by atoms with Crippen molar-refractivity contribution in [2.45, 2.75) is 43.4 Å². The molecule has 1 N–H and O–H groups in total. The monoisotopic (exact) mass is 336 g/mol. The maximum absolute atomic E-state index is 12.8.